The van der Waals surface area contributed by atoms with Crippen molar-refractivity contribution in [2.75, 3.05) is 32.0 Å². The standard InChI is InChI=1S/C20H26N2O4S/c1-2-27(24,25)22-13-6-9-17(15-22)20(23)21-12-14-26-19-11-5-8-16-7-3-4-10-18(16)19/h3-5,7-8,10-11,17H,2,6,9,12-15H2,1H3,(H,21,23)/t17-/m0/s1. The minimum atomic E-state index is -3.24. The molecule has 2 aromatic carbocycles. The zero-order valence-electron chi connectivity index (χ0n) is 15.6. The van der Waals surface area contributed by atoms with Crippen LogP contribution in [-0.2, 0) is 14.8 Å². The van der Waals surface area contributed by atoms with Crippen LogP contribution >= 0.6 is 0 Å². The smallest absolute Gasteiger partial charge is 0.224 e. The topological polar surface area (TPSA) is 75.7 Å². The van der Waals surface area contributed by atoms with Crippen LogP contribution in [0.4, 0.5) is 0 Å². The maximum Gasteiger partial charge on any atom is 0.224 e. The summed E-state index contributed by atoms with van der Waals surface area (Å²) in [7, 11) is -3.24. The lowest BCUT2D eigenvalue weighted by molar-refractivity contribution is -0.126. The molecule has 1 atom stereocenters. The first-order valence-electron chi connectivity index (χ1n) is 9.37. The monoisotopic (exact) mass is 390 g/mol. The molecule has 1 saturated heterocycles. The second-order valence-electron chi connectivity index (χ2n) is 6.71. The first kappa shape index (κ1) is 19.6. The number of hydrogen-bond acceptors (Lipinski definition) is 4. The van der Waals surface area contributed by atoms with Crippen molar-refractivity contribution < 1.29 is 17.9 Å². The van der Waals surface area contributed by atoms with Crippen molar-refractivity contribution in [2.24, 2.45) is 5.92 Å². The summed E-state index contributed by atoms with van der Waals surface area (Å²) in [6.07, 6.45) is 1.43. The highest BCUT2D eigenvalue weighted by molar-refractivity contribution is 7.89. The highest BCUT2D eigenvalue weighted by Gasteiger charge is 2.31. The summed E-state index contributed by atoms with van der Waals surface area (Å²) < 4.78 is 31.3. The molecule has 1 fully saturated rings. The van der Waals surface area contributed by atoms with Crippen LogP contribution in [0.15, 0.2) is 42.5 Å². The van der Waals surface area contributed by atoms with Gasteiger partial charge in [-0.2, -0.15) is 0 Å². The third kappa shape index (κ3) is 4.78. The third-order valence-electron chi connectivity index (χ3n) is 4.92. The SMILES string of the molecule is CCS(=O)(=O)N1CCC[C@H](C(=O)NCCOc2cccc3ccccc23)C1. The van der Waals surface area contributed by atoms with E-state index < -0.39 is 10.0 Å². The Morgan fingerprint density at radius 1 is 1.22 bits per heavy atom. The number of piperidine rings is 1. The van der Waals surface area contributed by atoms with Gasteiger partial charge in [-0.3, -0.25) is 4.79 Å². The number of nitrogens with zero attached hydrogens (tertiary/aromatic N) is 1. The molecule has 6 nitrogen and oxygen atoms in total. The van der Waals surface area contributed by atoms with E-state index in [2.05, 4.69) is 5.32 Å². The normalized spacial score (nSPS) is 18.3. The van der Waals surface area contributed by atoms with Gasteiger partial charge in [-0.25, -0.2) is 12.7 Å². The van der Waals surface area contributed by atoms with Gasteiger partial charge in [0.1, 0.15) is 12.4 Å². The summed E-state index contributed by atoms with van der Waals surface area (Å²) in [4.78, 5) is 12.4. The Hall–Kier alpha value is -2.12. The van der Waals surface area contributed by atoms with E-state index in [-0.39, 0.29) is 24.1 Å². The van der Waals surface area contributed by atoms with Crippen LogP contribution < -0.4 is 10.1 Å². The fourth-order valence-electron chi connectivity index (χ4n) is 3.39. The van der Waals surface area contributed by atoms with Crippen LogP contribution in [-0.4, -0.2) is 50.6 Å². The number of fused-ring (bicyclic) bond motifs is 1. The van der Waals surface area contributed by atoms with Gasteiger partial charge >= 0.3 is 0 Å². The number of amides is 1. The molecule has 1 amide bonds. The number of carbonyl (C=O) groups excluding carboxylic acids is 1. The number of benzene rings is 2. The molecule has 1 heterocycles. The summed E-state index contributed by atoms with van der Waals surface area (Å²) >= 11 is 0. The lowest BCUT2D eigenvalue weighted by Gasteiger charge is -2.30. The molecular weight excluding hydrogens is 364 g/mol. The zero-order chi connectivity index (χ0) is 19.3. The number of carbonyl (C=O) groups is 1. The van der Waals surface area contributed by atoms with Crippen LogP contribution in [0.5, 0.6) is 5.75 Å². The van der Waals surface area contributed by atoms with Gasteiger partial charge in [0, 0.05) is 18.5 Å². The summed E-state index contributed by atoms with van der Waals surface area (Å²) in [5.41, 5.74) is 0. The van der Waals surface area contributed by atoms with Gasteiger partial charge in [-0.05, 0) is 31.2 Å². The Bertz CT molecular complexity index is 892. The summed E-state index contributed by atoms with van der Waals surface area (Å²) in [5, 5.41) is 5.03. The highest BCUT2D eigenvalue weighted by atomic mass is 32.2. The van der Waals surface area contributed by atoms with Crippen LogP contribution in [0.2, 0.25) is 0 Å². The number of sulfonamides is 1. The Morgan fingerprint density at radius 3 is 2.81 bits per heavy atom. The molecule has 1 aliphatic rings. The van der Waals surface area contributed by atoms with E-state index in [1.165, 1.54) is 4.31 Å². The molecule has 2 aromatic rings. The lowest BCUT2D eigenvalue weighted by atomic mass is 9.99. The summed E-state index contributed by atoms with van der Waals surface area (Å²) in [5.74, 6) is 0.464. The van der Waals surface area contributed by atoms with Crippen molar-refractivity contribution in [1.29, 1.82) is 0 Å². The number of ether oxygens (including phenoxy) is 1. The third-order valence-corrected chi connectivity index (χ3v) is 6.77. The summed E-state index contributed by atoms with van der Waals surface area (Å²) in [6, 6.07) is 13.9. The van der Waals surface area contributed by atoms with Crippen molar-refractivity contribution in [2.45, 2.75) is 19.8 Å². The van der Waals surface area contributed by atoms with E-state index in [0.717, 1.165) is 16.5 Å². The van der Waals surface area contributed by atoms with Crippen LogP contribution in [0.3, 0.4) is 0 Å². The van der Waals surface area contributed by atoms with Gasteiger partial charge in [0.05, 0.1) is 18.2 Å². The quantitative estimate of drug-likeness (QED) is 0.737. The predicted molar refractivity (Wildman–Crippen MR) is 106 cm³/mol. The van der Waals surface area contributed by atoms with Gasteiger partial charge in [-0.15, -0.1) is 0 Å². The number of nitrogens with one attached hydrogen (secondary N) is 1. The van der Waals surface area contributed by atoms with E-state index >= 15 is 0 Å². The van der Waals surface area contributed by atoms with Gasteiger partial charge in [0.2, 0.25) is 15.9 Å². The molecular formula is C20H26N2O4S. The largest absolute Gasteiger partial charge is 0.491 e. The average Bonchev–Trinajstić information content (AvgIpc) is 2.71. The van der Waals surface area contributed by atoms with Crippen molar-refractivity contribution in [3.63, 3.8) is 0 Å². The van der Waals surface area contributed by atoms with Crippen molar-refractivity contribution in [1.82, 2.24) is 9.62 Å². The Balaban J connectivity index is 1.49. The van der Waals surface area contributed by atoms with Gasteiger partial charge < -0.3 is 10.1 Å². The lowest BCUT2D eigenvalue weighted by Crippen LogP contribution is -2.46. The maximum absolute atomic E-state index is 12.4. The Labute approximate surface area is 160 Å². The molecule has 1 N–H and O–H groups in total. The average molecular weight is 391 g/mol. The van der Waals surface area contributed by atoms with Crippen molar-refractivity contribution in [3.05, 3.63) is 42.5 Å². The van der Waals surface area contributed by atoms with Gasteiger partial charge in [-0.1, -0.05) is 36.4 Å². The molecule has 0 unspecified atom stereocenters. The van der Waals surface area contributed by atoms with Crippen LogP contribution in [0, 0.1) is 5.92 Å². The molecule has 3 rings (SSSR count). The molecule has 1 aliphatic heterocycles. The number of hydrogen-bond donors (Lipinski definition) is 1. The van der Waals surface area contributed by atoms with E-state index in [9.17, 15) is 13.2 Å². The maximum atomic E-state index is 12.4. The fraction of sp³-hybridized carbons (Fsp3) is 0.450. The van der Waals surface area contributed by atoms with Crippen molar-refractivity contribution >= 4 is 26.7 Å². The zero-order valence-corrected chi connectivity index (χ0v) is 16.4. The molecule has 0 aliphatic carbocycles. The van der Waals surface area contributed by atoms with Gasteiger partial charge in [0.25, 0.3) is 0 Å². The first-order chi connectivity index (χ1) is 13.0. The predicted octanol–water partition coefficient (Wildman–Crippen LogP) is 2.40. The van der Waals surface area contributed by atoms with Crippen molar-refractivity contribution in [3.8, 4) is 5.75 Å². The Morgan fingerprint density at radius 2 is 2.00 bits per heavy atom. The van der Waals surface area contributed by atoms with E-state index in [0.29, 0.717) is 32.5 Å². The second-order valence-corrected chi connectivity index (χ2v) is 8.97. The highest BCUT2D eigenvalue weighted by Crippen LogP contribution is 2.25. The van der Waals surface area contributed by atoms with E-state index in [1.54, 1.807) is 6.92 Å². The first-order valence-corrected chi connectivity index (χ1v) is 11.0. The minimum absolute atomic E-state index is 0.0697. The fourth-order valence-corrected chi connectivity index (χ4v) is 4.57. The van der Waals surface area contributed by atoms with Gasteiger partial charge in [0.15, 0.2) is 0 Å². The van der Waals surface area contributed by atoms with Crippen LogP contribution in [0.25, 0.3) is 10.8 Å². The molecule has 0 spiro atoms. The van der Waals surface area contributed by atoms with Crippen LogP contribution in [0.1, 0.15) is 19.8 Å². The molecule has 7 heteroatoms. The molecule has 0 radical (unpaired) electrons. The molecule has 0 bridgehead atoms. The molecule has 0 saturated carbocycles. The minimum Gasteiger partial charge on any atom is -0.491 e. The molecule has 27 heavy (non-hydrogen) atoms. The van der Waals surface area contributed by atoms with E-state index in [4.69, 9.17) is 4.74 Å². The van der Waals surface area contributed by atoms with E-state index in [1.807, 2.05) is 42.5 Å². The molecule has 146 valence electrons. The second kappa shape index (κ2) is 8.71. The number of rotatable bonds is 7. The summed E-state index contributed by atoms with van der Waals surface area (Å²) in [6.45, 7) is 3.16. The molecule has 0 aromatic heterocycles. The Kier molecular flexibility index (Phi) is 6.34.